The Labute approximate surface area is 205 Å². The fraction of sp³-hybridized carbons (Fsp3) is 0.667. The van der Waals surface area contributed by atoms with Crippen LogP contribution in [0.3, 0.4) is 0 Å². The molecule has 1 aromatic heterocycles. The van der Waals surface area contributed by atoms with Gasteiger partial charge in [-0.2, -0.15) is 37.9 Å². The Hall–Kier alpha value is -2.13. The number of thiol groups is 3. The summed E-state index contributed by atoms with van der Waals surface area (Å²) in [6.45, 7) is -1.78. The molecule has 0 radical (unpaired) electrons. The highest BCUT2D eigenvalue weighted by Crippen LogP contribution is 1.92. The molecule has 0 N–H and O–H groups in total. The van der Waals surface area contributed by atoms with E-state index in [1.54, 1.807) is 0 Å². The second-order valence-corrected chi connectivity index (χ2v) is 7.73. The molecule has 1 rings (SSSR count). The van der Waals surface area contributed by atoms with E-state index in [9.17, 15) is 28.8 Å². The number of hydrogen-bond donors (Lipinski definition) is 3. The largest absolute Gasteiger partial charge is 0.464 e. The number of nitrogens with zero attached hydrogens (tertiary/aromatic N) is 3. The summed E-state index contributed by atoms with van der Waals surface area (Å²) in [5.74, 6) is -0.853. The van der Waals surface area contributed by atoms with E-state index in [-0.39, 0.29) is 76.0 Å². The fourth-order valence-electron chi connectivity index (χ4n) is 2.50. The Bertz CT molecular complexity index is 833. The third-order valence-corrected chi connectivity index (χ3v) is 4.74. The van der Waals surface area contributed by atoms with Crippen LogP contribution in [0.25, 0.3) is 0 Å². The average molecular weight is 526 g/mol. The highest BCUT2D eigenvalue weighted by atomic mass is 32.1. The highest BCUT2D eigenvalue weighted by molar-refractivity contribution is 7.80. The molecule has 0 aromatic carbocycles. The Morgan fingerprint density at radius 3 is 1.00 bits per heavy atom. The standard InChI is InChI=1S/C18H27N3O9S3/c22-13(1-10-31)28-7-4-19-16(25)20(5-8-29-14(23)2-11-32)18(27)21(17(19)26)6-9-30-15(24)3-12-33/h31-33H,1-12H2. The molecule has 0 spiro atoms. The van der Waals surface area contributed by atoms with Crippen molar-refractivity contribution in [2.75, 3.05) is 37.1 Å². The van der Waals surface area contributed by atoms with Crippen LogP contribution in [0, 0.1) is 0 Å². The van der Waals surface area contributed by atoms with Crippen LogP contribution < -0.4 is 17.1 Å². The molecule has 0 amide bonds. The summed E-state index contributed by atoms with van der Waals surface area (Å²) in [5, 5.41) is 0. The van der Waals surface area contributed by atoms with Crippen LogP contribution in [-0.4, -0.2) is 68.7 Å². The van der Waals surface area contributed by atoms with Gasteiger partial charge in [0.2, 0.25) is 0 Å². The molecule has 1 aromatic rings. The third kappa shape index (κ3) is 9.71. The number of rotatable bonds is 15. The maximum Gasteiger partial charge on any atom is 0.336 e. The Kier molecular flexibility index (Phi) is 13.7. The van der Waals surface area contributed by atoms with Gasteiger partial charge < -0.3 is 14.2 Å². The number of esters is 3. The van der Waals surface area contributed by atoms with E-state index in [4.69, 9.17) is 14.2 Å². The molecule has 0 aliphatic rings. The minimum absolute atomic E-state index is 0.0526. The molecule has 33 heavy (non-hydrogen) atoms. The minimum Gasteiger partial charge on any atom is -0.464 e. The fourth-order valence-corrected chi connectivity index (χ4v) is 3.05. The van der Waals surface area contributed by atoms with E-state index in [2.05, 4.69) is 37.9 Å². The number of ether oxygens (including phenoxy) is 3. The van der Waals surface area contributed by atoms with Gasteiger partial charge in [-0.3, -0.25) is 14.4 Å². The molecular formula is C18H27N3O9S3. The van der Waals surface area contributed by atoms with Crippen LogP contribution in [-0.2, 0) is 48.2 Å². The SMILES string of the molecule is O=C(CCS)OCCn1c(=O)n(CCOC(=O)CCS)c(=O)n(CCOC(=O)CCS)c1=O. The molecule has 0 bridgehead atoms. The third-order valence-electron chi connectivity index (χ3n) is 4.07. The van der Waals surface area contributed by atoms with Crippen LogP contribution in [0.5, 0.6) is 0 Å². The first kappa shape index (κ1) is 28.9. The van der Waals surface area contributed by atoms with Crippen molar-refractivity contribution in [1.82, 2.24) is 13.7 Å². The molecule has 0 aliphatic carbocycles. The summed E-state index contributed by atoms with van der Waals surface area (Å²) < 4.78 is 17.0. The number of hydrogen-bond acceptors (Lipinski definition) is 12. The molecule has 1 heterocycles. The summed E-state index contributed by atoms with van der Waals surface area (Å²) in [7, 11) is 0. The van der Waals surface area contributed by atoms with Crippen molar-refractivity contribution >= 4 is 55.8 Å². The van der Waals surface area contributed by atoms with E-state index in [0.29, 0.717) is 0 Å². The molecule has 0 saturated carbocycles. The van der Waals surface area contributed by atoms with Crippen molar-refractivity contribution in [3.8, 4) is 0 Å². The second-order valence-electron chi connectivity index (χ2n) is 6.38. The second kappa shape index (κ2) is 15.7. The number of carbonyl (C=O) groups excluding carboxylic acids is 3. The predicted molar refractivity (Wildman–Crippen MR) is 128 cm³/mol. The maximum absolute atomic E-state index is 12.7. The lowest BCUT2D eigenvalue weighted by atomic mass is 10.5. The molecule has 0 aliphatic heterocycles. The van der Waals surface area contributed by atoms with Crippen LogP contribution in [0.15, 0.2) is 14.4 Å². The van der Waals surface area contributed by atoms with Crippen molar-refractivity contribution in [3.05, 3.63) is 31.5 Å². The van der Waals surface area contributed by atoms with Crippen LogP contribution in [0.2, 0.25) is 0 Å². The summed E-state index contributed by atoms with van der Waals surface area (Å²) in [6.07, 6.45) is 0.158. The zero-order valence-electron chi connectivity index (χ0n) is 17.8. The molecule has 0 fully saturated rings. The average Bonchev–Trinajstić information content (AvgIpc) is 2.76. The Morgan fingerprint density at radius 1 is 0.545 bits per heavy atom. The minimum atomic E-state index is -0.955. The summed E-state index contributed by atoms with van der Waals surface area (Å²) in [6, 6.07) is 0. The predicted octanol–water partition coefficient (Wildman–Crippen LogP) is -1.24. The normalized spacial score (nSPS) is 10.6. The lowest BCUT2D eigenvalue weighted by molar-refractivity contribution is -0.144. The zero-order chi connectivity index (χ0) is 24.8. The molecule has 12 nitrogen and oxygen atoms in total. The van der Waals surface area contributed by atoms with Gasteiger partial charge in [0.25, 0.3) is 0 Å². The Balaban J connectivity index is 3.13. The van der Waals surface area contributed by atoms with Gasteiger partial charge in [-0.1, -0.05) is 0 Å². The first-order chi connectivity index (χ1) is 15.8. The van der Waals surface area contributed by atoms with E-state index < -0.39 is 35.0 Å². The van der Waals surface area contributed by atoms with Crippen molar-refractivity contribution in [1.29, 1.82) is 0 Å². The lowest BCUT2D eigenvalue weighted by Gasteiger charge is -2.14. The maximum atomic E-state index is 12.7. The quantitative estimate of drug-likeness (QED) is 0.145. The van der Waals surface area contributed by atoms with Gasteiger partial charge in [0.1, 0.15) is 19.8 Å². The van der Waals surface area contributed by atoms with E-state index in [0.717, 1.165) is 13.7 Å². The van der Waals surface area contributed by atoms with Crippen LogP contribution in [0.4, 0.5) is 0 Å². The van der Waals surface area contributed by atoms with Crippen LogP contribution >= 0.6 is 37.9 Å². The van der Waals surface area contributed by atoms with E-state index in [1.807, 2.05) is 0 Å². The number of aromatic nitrogens is 3. The van der Waals surface area contributed by atoms with Gasteiger partial charge in [0.15, 0.2) is 0 Å². The van der Waals surface area contributed by atoms with Crippen LogP contribution in [0.1, 0.15) is 19.3 Å². The van der Waals surface area contributed by atoms with Gasteiger partial charge >= 0.3 is 35.0 Å². The summed E-state index contributed by atoms with van der Waals surface area (Å²) >= 11 is 11.7. The highest BCUT2D eigenvalue weighted by Gasteiger charge is 2.17. The summed E-state index contributed by atoms with van der Waals surface area (Å²) in [4.78, 5) is 72.7. The molecule has 0 atom stereocenters. The van der Waals surface area contributed by atoms with Gasteiger partial charge in [-0.05, 0) is 0 Å². The number of carbonyl (C=O) groups is 3. The molecule has 0 unspecified atom stereocenters. The van der Waals surface area contributed by atoms with Gasteiger partial charge in [0, 0.05) is 17.3 Å². The molecule has 0 saturated heterocycles. The summed E-state index contributed by atoms with van der Waals surface area (Å²) in [5.41, 5.74) is -2.86. The van der Waals surface area contributed by atoms with Gasteiger partial charge in [-0.15, -0.1) is 0 Å². The topological polar surface area (TPSA) is 145 Å². The first-order valence-corrected chi connectivity index (χ1v) is 11.9. The monoisotopic (exact) mass is 525 g/mol. The lowest BCUT2D eigenvalue weighted by Crippen LogP contribution is -2.55. The van der Waals surface area contributed by atoms with Crippen molar-refractivity contribution in [3.63, 3.8) is 0 Å². The molecular weight excluding hydrogens is 498 g/mol. The van der Waals surface area contributed by atoms with E-state index >= 15 is 0 Å². The smallest absolute Gasteiger partial charge is 0.336 e. The van der Waals surface area contributed by atoms with Gasteiger partial charge in [0.05, 0.1) is 38.9 Å². The molecule has 15 heteroatoms. The molecule has 186 valence electrons. The zero-order valence-corrected chi connectivity index (χ0v) is 20.5. The first-order valence-electron chi connectivity index (χ1n) is 10.0. The van der Waals surface area contributed by atoms with Crippen molar-refractivity contribution in [2.24, 2.45) is 0 Å². The van der Waals surface area contributed by atoms with Crippen molar-refractivity contribution < 1.29 is 28.6 Å². The van der Waals surface area contributed by atoms with E-state index in [1.165, 1.54) is 0 Å². The van der Waals surface area contributed by atoms with Crippen molar-refractivity contribution in [2.45, 2.75) is 38.9 Å². The van der Waals surface area contributed by atoms with Gasteiger partial charge in [-0.25, -0.2) is 28.1 Å². The Morgan fingerprint density at radius 2 is 0.788 bits per heavy atom.